The van der Waals surface area contributed by atoms with Gasteiger partial charge >= 0.3 is 6.18 Å². The van der Waals surface area contributed by atoms with Gasteiger partial charge in [-0.3, -0.25) is 0 Å². The van der Waals surface area contributed by atoms with Crippen LogP contribution in [-0.4, -0.2) is 67.7 Å². The van der Waals surface area contributed by atoms with Gasteiger partial charge in [-0.25, -0.2) is 4.98 Å². The second kappa shape index (κ2) is 8.19. The van der Waals surface area contributed by atoms with Crippen molar-refractivity contribution in [1.82, 2.24) is 15.2 Å². The Labute approximate surface area is 171 Å². The number of hydrogen-bond donors (Lipinski definition) is 0. The van der Waals surface area contributed by atoms with Gasteiger partial charge in [-0.15, -0.1) is 10.2 Å². The monoisotopic (exact) mass is 428 g/mol. The molecular formula is C18H20ClF3N6O. The number of rotatable bonds is 3. The van der Waals surface area contributed by atoms with Crippen molar-refractivity contribution in [2.45, 2.75) is 6.18 Å². The topological polar surface area (TPSA) is 57.6 Å². The van der Waals surface area contributed by atoms with Crippen LogP contribution in [0.5, 0.6) is 0 Å². The van der Waals surface area contributed by atoms with E-state index in [1.54, 1.807) is 0 Å². The summed E-state index contributed by atoms with van der Waals surface area (Å²) in [5, 5.41) is 8.67. The molecule has 0 radical (unpaired) electrons. The highest BCUT2D eigenvalue weighted by Gasteiger charge is 2.32. The number of hydrogen-bond acceptors (Lipinski definition) is 7. The van der Waals surface area contributed by atoms with Crippen molar-refractivity contribution in [2.75, 3.05) is 67.2 Å². The van der Waals surface area contributed by atoms with Gasteiger partial charge in [0, 0.05) is 45.5 Å². The van der Waals surface area contributed by atoms with Crippen molar-refractivity contribution in [3.05, 3.63) is 35.0 Å². The third-order valence-corrected chi connectivity index (χ3v) is 5.30. The number of piperazine rings is 1. The molecule has 4 rings (SSSR count). The summed E-state index contributed by atoms with van der Waals surface area (Å²) in [6.45, 7) is 5.41. The molecule has 0 saturated carbocycles. The third kappa shape index (κ3) is 4.48. The van der Waals surface area contributed by atoms with E-state index < -0.39 is 11.7 Å². The largest absolute Gasteiger partial charge is 0.417 e. The molecule has 29 heavy (non-hydrogen) atoms. The molecule has 0 amide bonds. The average Bonchev–Trinajstić information content (AvgIpc) is 2.74. The fourth-order valence-corrected chi connectivity index (χ4v) is 3.70. The second-order valence-corrected chi connectivity index (χ2v) is 7.26. The highest BCUT2D eigenvalue weighted by atomic mass is 35.5. The summed E-state index contributed by atoms with van der Waals surface area (Å²) in [4.78, 5) is 10.0. The number of anilines is 3. The number of morpholine rings is 1. The van der Waals surface area contributed by atoms with Gasteiger partial charge in [0.05, 0.1) is 23.8 Å². The van der Waals surface area contributed by atoms with Gasteiger partial charge < -0.3 is 19.4 Å². The van der Waals surface area contributed by atoms with Crippen LogP contribution in [-0.2, 0) is 10.9 Å². The van der Waals surface area contributed by atoms with Gasteiger partial charge in [-0.1, -0.05) is 11.6 Å². The van der Waals surface area contributed by atoms with Crippen molar-refractivity contribution in [3.8, 4) is 0 Å². The van der Waals surface area contributed by atoms with E-state index in [0.29, 0.717) is 45.2 Å². The molecule has 156 valence electrons. The van der Waals surface area contributed by atoms with E-state index >= 15 is 0 Å². The molecule has 0 bridgehead atoms. The molecule has 0 aromatic carbocycles. The molecule has 4 heterocycles. The third-order valence-electron chi connectivity index (χ3n) is 5.02. The van der Waals surface area contributed by atoms with Crippen molar-refractivity contribution in [3.63, 3.8) is 0 Å². The minimum Gasteiger partial charge on any atom is -0.378 e. The van der Waals surface area contributed by atoms with Gasteiger partial charge in [0.2, 0.25) is 0 Å². The SMILES string of the molecule is FC(F)(F)c1cnc(N2CCN(c3ccc(N4CCOCC4)nn3)CC2)c(Cl)c1. The van der Waals surface area contributed by atoms with E-state index in [4.69, 9.17) is 16.3 Å². The van der Waals surface area contributed by atoms with Crippen LogP contribution < -0.4 is 14.7 Å². The lowest BCUT2D eigenvalue weighted by Crippen LogP contribution is -2.47. The molecule has 2 aliphatic heterocycles. The van der Waals surface area contributed by atoms with E-state index in [1.807, 2.05) is 17.0 Å². The summed E-state index contributed by atoms with van der Waals surface area (Å²) in [6, 6.07) is 4.82. The fraction of sp³-hybridized carbons (Fsp3) is 0.500. The average molecular weight is 429 g/mol. The lowest BCUT2D eigenvalue weighted by Gasteiger charge is -2.36. The Bertz CT molecular complexity index is 836. The summed E-state index contributed by atoms with van der Waals surface area (Å²) in [7, 11) is 0. The quantitative estimate of drug-likeness (QED) is 0.745. The Morgan fingerprint density at radius 3 is 1.93 bits per heavy atom. The zero-order chi connectivity index (χ0) is 20.4. The van der Waals surface area contributed by atoms with Gasteiger partial charge in [0.25, 0.3) is 0 Å². The summed E-state index contributed by atoms with van der Waals surface area (Å²) < 4.78 is 43.7. The standard InChI is InChI=1S/C18H20ClF3N6O/c19-14-11-13(18(20,21)22)12-23-17(14)28-5-3-26(4-6-28)15-1-2-16(25-24-15)27-7-9-29-10-8-27/h1-2,11-12H,3-10H2. The van der Waals surface area contributed by atoms with Crippen LogP contribution in [0.15, 0.2) is 24.4 Å². The molecule has 0 aliphatic carbocycles. The van der Waals surface area contributed by atoms with E-state index in [2.05, 4.69) is 25.0 Å². The number of halogens is 4. The van der Waals surface area contributed by atoms with Crippen LogP contribution in [0.25, 0.3) is 0 Å². The van der Waals surface area contributed by atoms with Gasteiger partial charge in [0.1, 0.15) is 5.82 Å². The van der Waals surface area contributed by atoms with Crippen LogP contribution in [0.2, 0.25) is 5.02 Å². The number of pyridine rings is 1. The Morgan fingerprint density at radius 2 is 1.41 bits per heavy atom. The molecule has 7 nitrogen and oxygen atoms in total. The molecule has 0 spiro atoms. The molecule has 0 atom stereocenters. The number of nitrogens with zero attached hydrogens (tertiary/aromatic N) is 6. The Balaban J connectivity index is 1.38. The van der Waals surface area contributed by atoms with E-state index in [0.717, 1.165) is 37.0 Å². The van der Waals surface area contributed by atoms with Crippen molar-refractivity contribution >= 4 is 29.1 Å². The van der Waals surface area contributed by atoms with Crippen molar-refractivity contribution < 1.29 is 17.9 Å². The molecular weight excluding hydrogens is 409 g/mol. The highest BCUT2D eigenvalue weighted by molar-refractivity contribution is 6.33. The minimum atomic E-state index is -4.46. The van der Waals surface area contributed by atoms with Crippen molar-refractivity contribution in [2.24, 2.45) is 0 Å². The van der Waals surface area contributed by atoms with Gasteiger partial charge in [0.15, 0.2) is 11.6 Å². The number of alkyl halides is 3. The molecule has 2 saturated heterocycles. The van der Waals surface area contributed by atoms with Gasteiger partial charge in [-0.05, 0) is 18.2 Å². The predicted octanol–water partition coefficient (Wildman–Crippen LogP) is 2.71. The van der Waals surface area contributed by atoms with Crippen LogP contribution in [0.4, 0.5) is 30.6 Å². The molecule has 2 aromatic rings. The molecule has 0 N–H and O–H groups in total. The van der Waals surface area contributed by atoms with Crippen LogP contribution in [0.1, 0.15) is 5.56 Å². The normalized spacial score (nSPS) is 18.3. The number of aromatic nitrogens is 3. The molecule has 0 unspecified atom stereocenters. The molecule has 11 heteroatoms. The molecule has 2 aromatic heterocycles. The zero-order valence-corrected chi connectivity index (χ0v) is 16.3. The summed E-state index contributed by atoms with van der Waals surface area (Å²) in [5.41, 5.74) is -0.847. The fourth-order valence-electron chi connectivity index (χ4n) is 3.41. The maximum Gasteiger partial charge on any atom is 0.417 e. The lowest BCUT2D eigenvalue weighted by molar-refractivity contribution is -0.137. The summed E-state index contributed by atoms with van der Waals surface area (Å²) in [5.74, 6) is 1.97. The predicted molar refractivity (Wildman–Crippen MR) is 104 cm³/mol. The van der Waals surface area contributed by atoms with Crippen LogP contribution in [0.3, 0.4) is 0 Å². The summed E-state index contributed by atoms with van der Waals surface area (Å²) >= 11 is 6.06. The van der Waals surface area contributed by atoms with Crippen molar-refractivity contribution in [1.29, 1.82) is 0 Å². The van der Waals surface area contributed by atoms with Crippen LogP contribution in [0, 0.1) is 0 Å². The second-order valence-electron chi connectivity index (χ2n) is 6.85. The van der Waals surface area contributed by atoms with E-state index in [-0.39, 0.29) is 5.02 Å². The first-order chi connectivity index (χ1) is 13.9. The zero-order valence-electron chi connectivity index (χ0n) is 15.6. The molecule has 2 fully saturated rings. The Hall–Kier alpha value is -2.33. The van der Waals surface area contributed by atoms with Gasteiger partial charge in [-0.2, -0.15) is 13.2 Å². The Kier molecular flexibility index (Phi) is 5.64. The first-order valence-corrected chi connectivity index (χ1v) is 9.69. The van der Waals surface area contributed by atoms with E-state index in [9.17, 15) is 13.2 Å². The Morgan fingerprint density at radius 1 is 0.862 bits per heavy atom. The maximum absolute atomic E-state index is 12.8. The maximum atomic E-state index is 12.8. The number of ether oxygens (including phenoxy) is 1. The summed E-state index contributed by atoms with van der Waals surface area (Å²) in [6.07, 6.45) is -3.64. The first kappa shape index (κ1) is 20.0. The first-order valence-electron chi connectivity index (χ1n) is 9.31. The van der Waals surface area contributed by atoms with E-state index in [1.165, 1.54) is 0 Å². The van der Waals surface area contributed by atoms with Crippen LogP contribution >= 0.6 is 11.6 Å². The lowest BCUT2D eigenvalue weighted by atomic mass is 10.2. The highest BCUT2D eigenvalue weighted by Crippen LogP contribution is 2.33. The molecule has 2 aliphatic rings. The minimum absolute atomic E-state index is 0.00271. The smallest absolute Gasteiger partial charge is 0.378 e.